The van der Waals surface area contributed by atoms with Crippen LogP contribution in [0, 0.1) is 10.1 Å². The second kappa shape index (κ2) is 5.75. The molecule has 0 aliphatic carbocycles. The minimum Gasteiger partial charge on any atom is -0.288 e. The predicted octanol–water partition coefficient (Wildman–Crippen LogP) is 3.09. The van der Waals surface area contributed by atoms with Gasteiger partial charge in [-0.15, -0.1) is 0 Å². The zero-order valence-electron chi connectivity index (χ0n) is 12.2. The number of benzene rings is 2. The van der Waals surface area contributed by atoms with Crippen molar-refractivity contribution in [3.63, 3.8) is 0 Å². The van der Waals surface area contributed by atoms with Gasteiger partial charge in [0.25, 0.3) is 5.69 Å². The van der Waals surface area contributed by atoms with Crippen molar-refractivity contribution in [2.24, 2.45) is 0 Å². The minimum absolute atomic E-state index is 0.00830. The molecule has 1 amide bonds. The van der Waals surface area contributed by atoms with Crippen molar-refractivity contribution in [3.8, 4) is 0 Å². The fourth-order valence-electron chi connectivity index (χ4n) is 2.85. The second-order valence-corrected chi connectivity index (χ2v) is 5.44. The third-order valence-corrected chi connectivity index (χ3v) is 3.86. The zero-order valence-corrected chi connectivity index (χ0v) is 12.2. The highest BCUT2D eigenvalue weighted by molar-refractivity contribution is 5.91. The maximum Gasteiger partial charge on any atom is 0.409 e. The SMILES string of the molecule is O=C1CCN([C@@H](c2ccc3c([N+](=O)[O-])cccc3c2)C(F)(F)F)N1. The first kappa shape index (κ1) is 16.2. The number of nitrogens with zero attached hydrogens (tertiary/aromatic N) is 2. The fraction of sp³-hybridized carbons (Fsp3) is 0.267. The molecule has 0 radical (unpaired) electrons. The summed E-state index contributed by atoms with van der Waals surface area (Å²) in [5.41, 5.74) is 1.95. The number of amides is 1. The Morgan fingerprint density at radius 1 is 1.25 bits per heavy atom. The number of hydrazine groups is 1. The highest BCUT2D eigenvalue weighted by Crippen LogP contribution is 2.39. The first-order valence-corrected chi connectivity index (χ1v) is 7.07. The molecular weight excluding hydrogens is 327 g/mol. The number of hydrogen-bond donors (Lipinski definition) is 1. The summed E-state index contributed by atoms with van der Waals surface area (Å²) in [6, 6.07) is 6.01. The van der Waals surface area contributed by atoms with Crippen molar-refractivity contribution in [2.45, 2.75) is 18.6 Å². The molecule has 9 heteroatoms. The summed E-state index contributed by atoms with van der Waals surface area (Å²) in [7, 11) is 0. The number of nitro benzene ring substituents is 1. The normalized spacial score (nSPS) is 17.0. The Hall–Kier alpha value is -2.68. The Morgan fingerprint density at radius 3 is 2.58 bits per heavy atom. The first-order valence-electron chi connectivity index (χ1n) is 7.07. The summed E-state index contributed by atoms with van der Waals surface area (Å²) in [5, 5.41) is 12.5. The van der Waals surface area contributed by atoms with E-state index in [2.05, 4.69) is 5.43 Å². The number of hydrogen-bond acceptors (Lipinski definition) is 4. The number of non-ortho nitro benzene ring substituents is 1. The van der Waals surface area contributed by atoms with Gasteiger partial charge in [-0.25, -0.2) is 5.01 Å². The fourth-order valence-corrected chi connectivity index (χ4v) is 2.85. The number of nitrogens with one attached hydrogen (secondary N) is 1. The molecule has 1 fully saturated rings. The summed E-state index contributed by atoms with van der Waals surface area (Å²) in [4.78, 5) is 21.7. The van der Waals surface area contributed by atoms with Crippen LogP contribution in [0.3, 0.4) is 0 Å². The van der Waals surface area contributed by atoms with Gasteiger partial charge in [-0.2, -0.15) is 13.2 Å². The van der Waals surface area contributed by atoms with E-state index in [1.54, 1.807) is 0 Å². The number of halogens is 3. The third kappa shape index (κ3) is 2.90. The van der Waals surface area contributed by atoms with Gasteiger partial charge in [0.05, 0.1) is 10.3 Å². The average Bonchev–Trinajstić information content (AvgIpc) is 2.91. The molecule has 126 valence electrons. The van der Waals surface area contributed by atoms with Gasteiger partial charge in [0.2, 0.25) is 5.91 Å². The van der Waals surface area contributed by atoms with E-state index in [9.17, 15) is 28.1 Å². The van der Waals surface area contributed by atoms with Gasteiger partial charge in [-0.3, -0.25) is 20.3 Å². The molecule has 1 saturated heterocycles. The van der Waals surface area contributed by atoms with Crippen LogP contribution in [-0.4, -0.2) is 28.6 Å². The van der Waals surface area contributed by atoms with Crippen LogP contribution in [0.25, 0.3) is 10.8 Å². The summed E-state index contributed by atoms with van der Waals surface area (Å²) >= 11 is 0. The van der Waals surface area contributed by atoms with Gasteiger partial charge in [0, 0.05) is 19.0 Å². The topological polar surface area (TPSA) is 75.5 Å². The molecule has 2 aromatic carbocycles. The van der Waals surface area contributed by atoms with Crippen molar-refractivity contribution in [1.82, 2.24) is 10.4 Å². The summed E-state index contributed by atoms with van der Waals surface area (Å²) < 4.78 is 40.5. The average molecular weight is 339 g/mol. The zero-order chi connectivity index (χ0) is 17.5. The predicted molar refractivity (Wildman–Crippen MR) is 78.9 cm³/mol. The molecule has 0 unspecified atom stereocenters. The van der Waals surface area contributed by atoms with Crippen molar-refractivity contribution in [3.05, 3.63) is 52.1 Å². The van der Waals surface area contributed by atoms with Gasteiger partial charge >= 0.3 is 6.18 Å². The molecule has 1 aliphatic heterocycles. The molecule has 2 aromatic rings. The molecule has 0 aromatic heterocycles. The molecule has 0 spiro atoms. The van der Waals surface area contributed by atoms with Crippen molar-refractivity contribution in [2.75, 3.05) is 6.54 Å². The summed E-state index contributed by atoms with van der Waals surface area (Å²) in [6.07, 6.45) is -4.61. The van der Waals surface area contributed by atoms with E-state index in [1.807, 2.05) is 0 Å². The van der Waals surface area contributed by atoms with Crippen LogP contribution in [0.1, 0.15) is 18.0 Å². The lowest BCUT2D eigenvalue weighted by Gasteiger charge is -2.29. The third-order valence-electron chi connectivity index (χ3n) is 3.86. The number of fused-ring (bicyclic) bond motifs is 1. The lowest BCUT2D eigenvalue weighted by atomic mass is 10.00. The second-order valence-electron chi connectivity index (χ2n) is 5.44. The molecule has 1 heterocycles. The van der Waals surface area contributed by atoms with Crippen molar-refractivity contribution < 1.29 is 22.9 Å². The molecular formula is C15H12F3N3O3. The van der Waals surface area contributed by atoms with Gasteiger partial charge in [-0.1, -0.05) is 18.2 Å². The lowest BCUT2D eigenvalue weighted by Crippen LogP contribution is -2.43. The van der Waals surface area contributed by atoms with E-state index in [4.69, 9.17) is 0 Å². The summed E-state index contributed by atoms with van der Waals surface area (Å²) in [5.74, 6) is -0.472. The van der Waals surface area contributed by atoms with Gasteiger partial charge in [-0.05, 0) is 23.1 Å². The van der Waals surface area contributed by atoms with Crippen LogP contribution >= 0.6 is 0 Å². The van der Waals surface area contributed by atoms with E-state index in [0.717, 1.165) is 5.01 Å². The van der Waals surface area contributed by atoms with Gasteiger partial charge < -0.3 is 0 Å². The molecule has 6 nitrogen and oxygen atoms in total. The number of nitro groups is 1. The van der Waals surface area contributed by atoms with E-state index >= 15 is 0 Å². The van der Waals surface area contributed by atoms with Crippen LogP contribution in [0.2, 0.25) is 0 Å². The van der Waals surface area contributed by atoms with E-state index < -0.39 is 23.0 Å². The van der Waals surface area contributed by atoms with Gasteiger partial charge in [0.15, 0.2) is 0 Å². The summed E-state index contributed by atoms with van der Waals surface area (Å²) in [6.45, 7) is -0.0595. The maximum atomic E-state index is 13.5. The van der Waals surface area contributed by atoms with Crippen molar-refractivity contribution >= 4 is 22.4 Å². The molecule has 1 aliphatic rings. The van der Waals surface area contributed by atoms with Crippen molar-refractivity contribution in [1.29, 1.82) is 0 Å². The molecule has 0 saturated carbocycles. The Kier molecular flexibility index (Phi) is 3.88. The smallest absolute Gasteiger partial charge is 0.288 e. The maximum absolute atomic E-state index is 13.5. The molecule has 3 rings (SSSR count). The van der Waals surface area contributed by atoms with Crippen LogP contribution in [0.4, 0.5) is 18.9 Å². The Labute approximate surface area is 134 Å². The monoisotopic (exact) mass is 339 g/mol. The minimum atomic E-state index is -4.61. The van der Waals surface area contributed by atoms with E-state index in [-0.39, 0.29) is 29.6 Å². The Bertz CT molecular complexity index is 822. The number of rotatable bonds is 3. The Balaban J connectivity index is 2.08. The van der Waals surface area contributed by atoms with Crippen LogP contribution in [0.15, 0.2) is 36.4 Å². The number of carbonyl (C=O) groups excluding carboxylic acids is 1. The number of alkyl halides is 3. The lowest BCUT2D eigenvalue weighted by molar-refractivity contribution is -0.383. The quantitative estimate of drug-likeness (QED) is 0.689. The van der Waals surface area contributed by atoms with Crippen LogP contribution in [-0.2, 0) is 4.79 Å². The van der Waals surface area contributed by atoms with Crippen LogP contribution < -0.4 is 5.43 Å². The van der Waals surface area contributed by atoms with Gasteiger partial charge in [0.1, 0.15) is 6.04 Å². The van der Waals surface area contributed by atoms with E-state index in [0.29, 0.717) is 5.39 Å². The highest BCUT2D eigenvalue weighted by atomic mass is 19.4. The standard InChI is InChI=1S/C15H12F3N3O3/c16-15(17,18)14(20-7-6-13(22)19-20)10-4-5-11-9(8-10)2-1-3-12(11)21(23)24/h1-5,8,14H,6-7H2,(H,19,22)/t14-/m0/s1. The van der Waals surface area contributed by atoms with E-state index in [1.165, 1.54) is 36.4 Å². The number of carbonyl (C=O) groups is 1. The molecule has 24 heavy (non-hydrogen) atoms. The highest BCUT2D eigenvalue weighted by Gasteiger charge is 2.47. The molecule has 0 bridgehead atoms. The largest absolute Gasteiger partial charge is 0.409 e. The first-order chi connectivity index (χ1) is 11.3. The molecule has 1 atom stereocenters. The Morgan fingerprint density at radius 2 is 2.00 bits per heavy atom. The van der Waals surface area contributed by atoms with Crippen LogP contribution in [0.5, 0.6) is 0 Å². The molecule has 1 N–H and O–H groups in total.